The highest BCUT2D eigenvalue weighted by atomic mass is 35.5. The second kappa shape index (κ2) is 4.11. The van der Waals surface area contributed by atoms with Gasteiger partial charge in [-0.2, -0.15) is 0 Å². The standard InChI is InChI=1S/C10H9ClOS2/c11-3-7-5-14-10-8(13)2-1-6(4-12)9(7)10/h1-2,5,12-13H,3-4H2. The van der Waals surface area contributed by atoms with Gasteiger partial charge in [-0.3, -0.25) is 0 Å². The average Bonchev–Trinajstić information content (AvgIpc) is 2.63. The van der Waals surface area contributed by atoms with Gasteiger partial charge in [0, 0.05) is 20.9 Å². The van der Waals surface area contributed by atoms with Crippen LogP contribution in [0.15, 0.2) is 22.4 Å². The third kappa shape index (κ3) is 1.54. The van der Waals surface area contributed by atoms with Crippen LogP contribution in [-0.4, -0.2) is 5.11 Å². The summed E-state index contributed by atoms with van der Waals surface area (Å²) < 4.78 is 1.11. The second-order valence-electron chi connectivity index (χ2n) is 3.00. The number of fused-ring (bicyclic) bond motifs is 1. The molecule has 2 rings (SSSR count). The van der Waals surface area contributed by atoms with Crippen molar-refractivity contribution in [2.45, 2.75) is 17.4 Å². The summed E-state index contributed by atoms with van der Waals surface area (Å²) in [6, 6.07) is 3.80. The van der Waals surface area contributed by atoms with Gasteiger partial charge in [0.2, 0.25) is 0 Å². The molecule has 1 nitrogen and oxygen atoms in total. The van der Waals surface area contributed by atoms with Gasteiger partial charge in [0.05, 0.1) is 6.61 Å². The minimum Gasteiger partial charge on any atom is -0.392 e. The van der Waals surface area contributed by atoms with Crippen LogP contribution in [0.3, 0.4) is 0 Å². The summed E-state index contributed by atoms with van der Waals surface area (Å²) in [4.78, 5) is 0.943. The van der Waals surface area contributed by atoms with Gasteiger partial charge in [-0.1, -0.05) is 6.07 Å². The fraction of sp³-hybridized carbons (Fsp3) is 0.200. The number of aliphatic hydroxyl groups is 1. The molecule has 0 aliphatic rings. The van der Waals surface area contributed by atoms with Crippen LogP contribution >= 0.6 is 35.6 Å². The van der Waals surface area contributed by atoms with E-state index >= 15 is 0 Å². The average molecular weight is 245 g/mol. The van der Waals surface area contributed by atoms with E-state index in [2.05, 4.69) is 12.6 Å². The minimum absolute atomic E-state index is 0.0468. The van der Waals surface area contributed by atoms with Gasteiger partial charge in [0.25, 0.3) is 0 Å². The van der Waals surface area contributed by atoms with Crippen molar-refractivity contribution in [1.29, 1.82) is 0 Å². The van der Waals surface area contributed by atoms with Gasteiger partial charge in [0.1, 0.15) is 0 Å². The molecule has 0 spiro atoms. The molecule has 0 fully saturated rings. The third-order valence-corrected chi connectivity index (χ3v) is 4.05. The Labute approximate surface area is 96.7 Å². The molecule has 0 amide bonds. The van der Waals surface area contributed by atoms with E-state index < -0.39 is 0 Å². The molecule has 0 saturated carbocycles. The number of hydrogen-bond donors (Lipinski definition) is 2. The van der Waals surface area contributed by atoms with Crippen molar-refractivity contribution in [3.8, 4) is 0 Å². The van der Waals surface area contributed by atoms with E-state index in [0.717, 1.165) is 26.1 Å². The first kappa shape index (κ1) is 10.3. The summed E-state index contributed by atoms with van der Waals surface area (Å²) >= 11 is 11.8. The highest BCUT2D eigenvalue weighted by Crippen LogP contribution is 2.34. The monoisotopic (exact) mass is 244 g/mol. The van der Waals surface area contributed by atoms with Gasteiger partial charge >= 0.3 is 0 Å². The van der Waals surface area contributed by atoms with Gasteiger partial charge < -0.3 is 5.11 Å². The Bertz CT molecular complexity index is 464. The molecular weight excluding hydrogens is 236 g/mol. The first-order valence-corrected chi connectivity index (χ1v) is 6.01. The lowest BCUT2D eigenvalue weighted by atomic mass is 10.1. The zero-order valence-electron chi connectivity index (χ0n) is 7.33. The normalized spacial score (nSPS) is 11.1. The van der Waals surface area contributed by atoms with Crippen molar-refractivity contribution >= 4 is 45.7 Å². The number of thiol groups is 1. The van der Waals surface area contributed by atoms with Crippen LogP contribution in [0.4, 0.5) is 0 Å². The molecule has 1 N–H and O–H groups in total. The minimum atomic E-state index is 0.0468. The van der Waals surface area contributed by atoms with Crippen molar-refractivity contribution in [3.63, 3.8) is 0 Å². The molecule has 0 atom stereocenters. The first-order chi connectivity index (χ1) is 6.77. The second-order valence-corrected chi connectivity index (χ2v) is 4.63. The van der Waals surface area contributed by atoms with Crippen molar-refractivity contribution in [2.75, 3.05) is 0 Å². The number of halogens is 1. The largest absolute Gasteiger partial charge is 0.392 e. The fourth-order valence-electron chi connectivity index (χ4n) is 1.50. The van der Waals surface area contributed by atoms with Crippen LogP contribution in [0.5, 0.6) is 0 Å². The molecule has 1 aromatic carbocycles. The molecule has 0 aliphatic heterocycles. The maximum Gasteiger partial charge on any atom is 0.0688 e. The summed E-state index contributed by atoms with van der Waals surface area (Å²) in [6.07, 6.45) is 0. The van der Waals surface area contributed by atoms with Gasteiger partial charge in [-0.25, -0.2) is 0 Å². The summed E-state index contributed by atoms with van der Waals surface area (Å²) in [5, 5.41) is 12.3. The van der Waals surface area contributed by atoms with Crippen LogP contribution < -0.4 is 0 Å². The van der Waals surface area contributed by atoms with E-state index in [9.17, 15) is 5.11 Å². The number of alkyl halides is 1. The highest BCUT2D eigenvalue weighted by Gasteiger charge is 2.09. The van der Waals surface area contributed by atoms with Gasteiger partial charge in [-0.15, -0.1) is 35.6 Å². The van der Waals surface area contributed by atoms with E-state index in [-0.39, 0.29) is 6.61 Å². The zero-order valence-corrected chi connectivity index (χ0v) is 9.79. The summed E-state index contributed by atoms with van der Waals surface area (Å²) in [5.41, 5.74) is 2.00. The lowest BCUT2D eigenvalue weighted by Crippen LogP contribution is -1.86. The van der Waals surface area contributed by atoms with Gasteiger partial charge in [-0.05, 0) is 22.6 Å². The van der Waals surface area contributed by atoms with Crippen LogP contribution in [0.1, 0.15) is 11.1 Å². The predicted molar refractivity (Wildman–Crippen MR) is 64.6 cm³/mol. The van der Waals surface area contributed by atoms with E-state index in [1.807, 2.05) is 17.5 Å². The van der Waals surface area contributed by atoms with Crippen molar-refractivity contribution in [3.05, 3.63) is 28.6 Å². The lowest BCUT2D eigenvalue weighted by molar-refractivity contribution is 0.283. The molecule has 2 aromatic rings. The molecule has 0 unspecified atom stereocenters. The summed E-state index contributed by atoms with van der Waals surface area (Å²) in [6.45, 7) is 0.0468. The number of rotatable bonds is 2. The van der Waals surface area contributed by atoms with Gasteiger partial charge in [0.15, 0.2) is 0 Å². The highest BCUT2D eigenvalue weighted by molar-refractivity contribution is 7.80. The topological polar surface area (TPSA) is 20.2 Å². The van der Waals surface area contributed by atoms with Crippen molar-refractivity contribution < 1.29 is 5.11 Å². The van der Waals surface area contributed by atoms with E-state index in [4.69, 9.17) is 11.6 Å². The molecular formula is C10H9ClOS2. The van der Waals surface area contributed by atoms with Crippen molar-refractivity contribution in [2.24, 2.45) is 0 Å². The molecule has 0 aliphatic carbocycles. The quantitative estimate of drug-likeness (QED) is 0.613. The lowest BCUT2D eigenvalue weighted by Gasteiger charge is -2.03. The van der Waals surface area contributed by atoms with Crippen LogP contribution in [-0.2, 0) is 12.5 Å². The van der Waals surface area contributed by atoms with Crippen molar-refractivity contribution in [1.82, 2.24) is 0 Å². The van der Waals surface area contributed by atoms with Crippen LogP contribution in [0.2, 0.25) is 0 Å². The zero-order chi connectivity index (χ0) is 10.1. The fourth-order valence-corrected chi connectivity index (χ4v) is 3.18. The Morgan fingerprint density at radius 1 is 1.36 bits per heavy atom. The SMILES string of the molecule is OCc1ccc(S)c2scc(CCl)c12. The maximum absolute atomic E-state index is 9.20. The smallest absolute Gasteiger partial charge is 0.0688 e. The molecule has 14 heavy (non-hydrogen) atoms. The first-order valence-electron chi connectivity index (χ1n) is 4.15. The van der Waals surface area contributed by atoms with E-state index in [1.165, 1.54) is 0 Å². The molecule has 1 heterocycles. The Balaban J connectivity index is 2.82. The Morgan fingerprint density at radius 2 is 2.14 bits per heavy atom. The number of thiophene rings is 1. The molecule has 1 aromatic heterocycles. The molecule has 0 radical (unpaired) electrons. The Morgan fingerprint density at radius 3 is 2.79 bits per heavy atom. The van der Waals surface area contributed by atoms with E-state index in [1.54, 1.807) is 11.3 Å². The predicted octanol–water partition coefficient (Wildman–Crippen LogP) is 3.42. The maximum atomic E-state index is 9.20. The Hall–Kier alpha value is -0.220. The molecule has 4 heteroatoms. The van der Waals surface area contributed by atoms with Crippen LogP contribution in [0.25, 0.3) is 10.1 Å². The molecule has 0 bridgehead atoms. The number of benzene rings is 1. The number of hydrogen-bond acceptors (Lipinski definition) is 3. The summed E-state index contributed by atoms with van der Waals surface area (Å²) in [5.74, 6) is 0.476. The number of aliphatic hydroxyl groups excluding tert-OH is 1. The molecule has 0 saturated heterocycles. The third-order valence-electron chi connectivity index (χ3n) is 2.18. The van der Waals surface area contributed by atoms with E-state index in [0.29, 0.717) is 5.88 Å². The van der Waals surface area contributed by atoms with Crippen LogP contribution in [0, 0.1) is 0 Å². The molecule has 74 valence electrons. The Kier molecular flexibility index (Phi) is 3.02. The summed E-state index contributed by atoms with van der Waals surface area (Å²) in [7, 11) is 0.